The predicted octanol–water partition coefficient (Wildman–Crippen LogP) is 3.19. The third-order valence-corrected chi connectivity index (χ3v) is 5.11. The predicted molar refractivity (Wildman–Crippen MR) is 111 cm³/mol. The molecule has 1 aliphatic heterocycles. The number of aromatic hydroxyl groups is 1. The monoisotopic (exact) mass is 411 g/mol. The number of fused-ring (bicyclic) bond motifs is 1. The largest absolute Gasteiger partial charge is 0.508 e. The van der Waals surface area contributed by atoms with E-state index >= 15 is 0 Å². The quantitative estimate of drug-likeness (QED) is 0.350. The van der Waals surface area contributed by atoms with Crippen molar-refractivity contribution in [2.24, 2.45) is 0 Å². The molecule has 0 radical (unpaired) electrons. The standard InChI is InChI=1S/C14H14N2O3S.2C2H6.CH3NO2/c17-11-5-7-12(8-6-11)20(18,19)16-10-9-15-13-3-1-2-4-14(13)16;2*1-2;3-1-2-4/h1-8,15,17H,9-10H2;2*1-2H3;1,4H,(H,2,3). The van der Waals surface area contributed by atoms with Crippen LogP contribution in [-0.4, -0.2) is 38.2 Å². The van der Waals surface area contributed by atoms with Gasteiger partial charge in [-0.3, -0.25) is 14.3 Å². The molecule has 0 aromatic heterocycles. The smallest absolute Gasteiger partial charge is 0.264 e. The summed E-state index contributed by atoms with van der Waals surface area (Å²) in [7, 11) is -3.61. The number of hydrogen-bond acceptors (Lipinski definition) is 6. The lowest BCUT2D eigenvalue weighted by molar-refractivity contribution is -0.116. The first kappa shape index (κ1) is 25.2. The zero-order valence-electron chi connectivity index (χ0n) is 16.6. The molecule has 4 N–H and O–H groups in total. The molecule has 1 amide bonds. The Morgan fingerprint density at radius 3 is 2.11 bits per heavy atom. The van der Waals surface area contributed by atoms with Crippen molar-refractivity contribution >= 4 is 27.8 Å². The van der Waals surface area contributed by atoms with Gasteiger partial charge in [-0.15, -0.1) is 0 Å². The number of phenolic OH excluding ortho intramolecular Hbond substituents is 1. The highest BCUT2D eigenvalue weighted by Gasteiger charge is 2.28. The fraction of sp³-hybridized carbons (Fsp3) is 0.316. The number of carbonyl (C=O) groups excluding carboxylic acids is 1. The second-order valence-corrected chi connectivity index (χ2v) is 6.62. The van der Waals surface area contributed by atoms with Crippen molar-refractivity contribution in [3.8, 4) is 5.75 Å². The number of rotatable bonds is 3. The summed E-state index contributed by atoms with van der Waals surface area (Å²) >= 11 is 0. The Morgan fingerprint density at radius 2 is 1.57 bits per heavy atom. The van der Waals surface area contributed by atoms with E-state index in [0.717, 1.165) is 5.69 Å². The zero-order valence-corrected chi connectivity index (χ0v) is 17.4. The minimum absolute atomic E-state index is 0.0460. The number of hydroxylamine groups is 1. The molecule has 0 spiro atoms. The van der Waals surface area contributed by atoms with Gasteiger partial charge in [-0.05, 0) is 36.4 Å². The molecule has 0 unspecified atom stereocenters. The van der Waals surface area contributed by atoms with Crippen molar-refractivity contribution < 1.29 is 23.5 Å². The SMILES string of the molecule is CC.CC.O=CNO.O=S(=O)(c1ccc(O)cc1)N1CCNc2ccccc21. The summed E-state index contributed by atoms with van der Waals surface area (Å²) in [4.78, 5) is 8.99. The van der Waals surface area contributed by atoms with Crippen molar-refractivity contribution in [1.29, 1.82) is 0 Å². The van der Waals surface area contributed by atoms with Gasteiger partial charge in [-0.25, -0.2) is 13.9 Å². The Balaban J connectivity index is 0.000000797. The Kier molecular flexibility index (Phi) is 12.1. The summed E-state index contributed by atoms with van der Waals surface area (Å²) in [6.07, 6.45) is 0.181. The molecule has 1 aliphatic rings. The van der Waals surface area contributed by atoms with Gasteiger partial charge in [-0.2, -0.15) is 0 Å². The summed E-state index contributed by atoms with van der Waals surface area (Å²) in [6, 6.07) is 12.9. The van der Waals surface area contributed by atoms with Gasteiger partial charge in [0.2, 0.25) is 6.41 Å². The van der Waals surface area contributed by atoms with Gasteiger partial charge in [0, 0.05) is 6.54 Å². The Bertz CT molecular complexity index is 795. The molecule has 0 bridgehead atoms. The molecular formula is C19H29N3O5S. The second-order valence-electron chi connectivity index (χ2n) is 4.76. The number of amides is 1. The number of benzene rings is 2. The highest BCUT2D eigenvalue weighted by molar-refractivity contribution is 7.92. The zero-order chi connectivity index (χ0) is 21.6. The van der Waals surface area contributed by atoms with Crippen LogP contribution < -0.4 is 15.1 Å². The van der Waals surface area contributed by atoms with Gasteiger partial charge in [0.15, 0.2) is 0 Å². The van der Waals surface area contributed by atoms with Crippen LogP contribution in [0.4, 0.5) is 11.4 Å². The fourth-order valence-electron chi connectivity index (χ4n) is 2.25. The molecule has 8 nitrogen and oxygen atoms in total. The van der Waals surface area contributed by atoms with E-state index in [4.69, 9.17) is 10.0 Å². The van der Waals surface area contributed by atoms with E-state index in [-0.39, 0.29) is 17.1 Å². The van der Waals surface area contributed by atoms with E-state index in [1.165, 1.54) is 34.1 Å². The number of para-hydroxylation sites is 2. The number of sulfonamides is 1. The fourth-order valence-corrected chi connectivity index (χ4v) is 3.73. The van der Waals surface area contributed by atoms with Gasteiger partial charge >= 0.3 is 0 Å². The van der Waals surface area contributed by atoms with Crippen molar-refractivity contribution in [2.75, 3.05) is 22.7 Å². The van der Waals surface area contributed by atoms with E-state index < -0.39 is 10.0 Å². The van der Waals surface area contributed by atoms with Crippen LogP contribution in [0, 0.1) is 0 Å². The Morgan fingerprint density at radius 1 is 1.04 bits per heavy atom. The van der Waals surface area contributed by atoms with Crippen molar-refractivity contribution in [1.82, 2.24) is 5.48 Å². The number of carbonyl (C=O) groups is 1. The molecule has 1 heterocycles. The second kappa shape index (κ2) is 13.4. The first-order chi connectivity index (χ1) is 13.5. The third kappa shape index (κ3) is 6.75. The first-order valence-electron chi connectivity index (χ1n) is 8.98. The molecule has 2 aromatic carbocycles. The average molecular weight is 412 g/mol. The molecule has 9 heteroatoms. The van der Waals surface area contributed by atoms with Crippen LogP contribution in [0.1, 0.15) is 27.7 Å². The van der Waals surface area contributed by atoms with Crippen molar-refractivity contribution in [3.63, 3.8) is 0 Å². The van der Waals surface area contributed by atoms with Crippen LogP contribution >= 0.6 is 0 Å². The number of hydrogen-bond donors (Lipinski definition) is 4. The summed E-state index contributed by atoms with van der Waals surface area (Å²) in [5.74, 6) is 0.0460. The van der Waals surface area contributed by atoms with Crippen LogP contribution in [0.5, 0.6) is 5.75 Å². The van der Waals surface area contributed by atoms with Crippen LogP contribution in [0.15, 0.2) is 53.4 Å². The number of nitrogens with zero attached hydrogens (tertiary/aromatic N) is 1. The molecule has 28 heavy (non-hydrogen) atoms. The average Bonchev–Trinajstić information content (AvgIpc) is 2.76. The van der Waals surface area contributed by atoms with Gasteiger partial charge < -0.3 is 10.4 Å². The highest BCUT2D eigenvalue weighted by atomic mass is 32.2. The molecular weight excluding hydrogens is 382 g/mol. The van der Waals surface area contributed by atoms with Crippen LogP contribution in [0.25, 0.3) is 0 Å². The highest BCUT2D eigenvalue weighted by Crippen LogP contribution is 2.33. The lowest BCUT2D eigenvalue weighted by Gasteiger charge is -2.31. The first-order valence-corrected chi connectivity index (χ1v) is 10.4. The molecule has 156 valence electrons. The lowest BCUT2D eigenvalue weighted by atomic mass is 10.2. The minimum Gasteiger partial charge on any atom is -0.508 e. The summed E-state index contributed by atoms with van der Waals surface area (Å²) < 4.78 is 26.7. The van der Waals surface area contributed by atoms with Gasteiger partial charge in [0.25, 0.3) is 10.0 Å². The number of nitrogens with one attached hydrogen (secondary N) is 2. The van der Waals surface area contributed by atoms with E-state index in [0.29, 0.717) is 18.8 Å². The van der Waals surface area contributed by atoms with Gasteiger partial charge in [-0.1, -0.05) is 39.8 Å². The van der Waals surface area contributed by atoms with Crippen molar-refractivity contribution in [3.05, 3.63) is 48.5 Å². The number of phenols is 1. The molecule has 0 saturated heterocycles. The molecule has 0 aliphatic carbocycles. The van der Waals surface area contributed by atoms with E-state index in [2.05, 4.69) is 5.32 Å². The summed E-state index contributed by atoms with van der Waals surface area (Å²) in [5.41, 5.74) is 2.70. The summed E-state index contributed by atoms with van der Waals surface area (Å²) in [5, 5.41) is 19.7. The Hall–Kier alpha value is -2.78. The third-order valence-electron chi connectivity index (χ3n) is 3.28. The maximum absolute atomic E-state index is 12.7. The van der Waals surface area contributed by atoms with Crippen LogP contribution in [0.3, 0.4) is 0 Å². The van der Waals surface area contributed by atoms with E-state index in [1.54, 1.807) is 6.07 Å². The molecule has 0 saturated carbocycles. The summed E-state index contributed by atoms with van der Waals surface area (Å²) in [6.45, 7) is 8.94. The van der Waals surface area contributed by atoms with Gasteiger partial charge in [0.05, 0.1) is 22.8 Å². The minimum atomic E-state index is -3.61. The lowest BCUT2D eigenvalue weighted by Crippen LogP contribution is -2.38. The van der Waals surface area contributed by atoms with E-state index in [9.17, 15) is 13.5 Å². The molecule has 2 aromatic rings. The van der Waals surface area contributed by atoms with E-state index in [1.807, 2.05) is 45.9 Å². The maximum Gasteiger partial charge on any atom is 0.264 e. The van der Waals surface area contributed by atoms with Gasteiger partial charge in [0.1, 0.15) is 5.75 Å². The van der Waals surface area contributed by atoms with Crippen LogP contribution in [-0.2, 0) is 14.8 Å². The molecule has 0 atom stereocenters. The Labute approximate surface area is 166 Å². The van der Waals surface area contributed by atoms with Crippen molar-refractivity contribution in [2.45, 2.75) is 32.6 Å². The number of anilines is 2. The maximum atomic E-state index is 12.7. The molecule has 3 rings (SSSR count). The van der Waals surface area contributed by atoms with Crippen LogP contribution in [0.2, 0.25) is 0 Å². The normalized spacial score (nSPS) is 11.5. The molecule has 0 fully saturated rings. The topological polar surface area (TPSA) is 119 Å².